The lowest BCUT2D eigenvalue weighted by atomic mass is 9.85. The van der Waals surface area contributed by atoms with E-state index in [4.69, 9.17) is 15.1 Å². The van der Waals surface area contributed by atoms with Gasteiger partial charge in [-0.3, -0.25) is 4.79 Å². The normalized spacial score (nSPS) is 13.6. The average Bonchev–Trinajstić information content (AvgIpc) is 2.29. The fourth-order valence-corrected chi connectivity index (χ4v) is 1.31. The van der Waals surface area contributed by atoms with E-state index in [1.54, 1.807) is 31.4 Å². The highest BCUT2D eigenvalue weighted by molar-refractivity contribution is 5.77. The monoisotopic (exact) mass is 219 g/mol. The molecule has 4 heteroatoms. The largest absolute Gasteiger partial charge is 0.497 e. The van der Waals surface area contributed by atoms with Crippen LogP contribution in [-0.2, 0) is 11.2 Å². The average molecular weight is 219 g/mol. The Bertz CT molecular complexity index is 419. The number of carboxylic acids is 1. The Labute approximate surface area is 94.1 Å². The zero-order valence-corrected chi connectivity index (χ0v) is 9.23. The summed E-state index contributed by atoms with van der Waals surface area (Å²) >= 11 is 0. The van der Waals surface area contributed by atoms with Crippen molar-refractivity contribution in [2.45, 2.75) is 13.3 Å². The Morgan fingerprint density at radius 1 is 1.50 bits per heavy atom. The van der Waals surface area contributed by atoms with Crippen LogP contribution in [-0.4, -0.2) is 18.2 Å². The number of nitriles is 1. The highest BCUT2D eigenvalue weighted by Crippen LogP contribution is 2.23. The van der Waals surface area contributed by atoms with Crippen LogP contribution in [0, 0.1) is 16.7 Å². The molecule has 0 fully saturated rings. The van der Waals surface area contributed by atoms with Crippen molar-refractivity contribution < 1.29 is 14.6 Å². The van der Waals surface area contributed by atoms with Crippen LogP contribution in [0.3, 0.4) is 0 Å². The Kier molecular flexibility index (Phi) is 3.51. The summed E-state index contributed by atoms with van der Waals surface area (Å²) < 4.78 is 4.99. The van der Waals surface area contributed by atoms with Gasteiger partial charge in [0.25, 0.3) is 0 Å². The zero-order valence-electron chi connectivity index (χ0n) is 9.23. The van der Waals surface area contributed by atoms with Crippen molar-refractivity contribution in [1.82, 2.24) is 0 Å². The molecule has 1 unspecified atom stereocenters. The van der Waals surface area contributed by atoms with Crippen LogP contribution in [0.1, 0.15) is 12.5 Å². The Morgan fingerprint density at radius 3 is 2.44 bits per heavy atom. The maximum Gasteiger partial charge on any atom is 0.324 e. The maximum absolute atomic E-state index is 10.9. The Balaban J connectivity index is 2.88. The summed E-state index contributed by atoms with van der Waals surface area (Å²) in [5, 5.41) is 17.8. The number of aliphatic carboxylic acids is 1. The van der Waals surface area contributed by atoms with Crippen molar-refractivity contribution in [3.05, 3.63) is 29.8 Å². The summed E-state index contributed by atoms with van der Waals surface area (Å²) in [6.45, 7) is 1.42. The minimum absolute atomic E-state index is 0.183. The van der Waals surface area contributed by atoms with E-state index in [0.29, 0.717) is 5.75 Å². The van der Waals surface area contributed by atoms with Gasteiger partial charge in [-0.2, -0.15) is 5.26 Å². The number of benzene rings is 1. The van der Waals surface area contributed by atoms with E-state index in [-0.39, 0.29) is 6.42 Å². The topological polar surface area (TPSA) is 70.3 Å². The molecule has 0 aliphatic carbocycles. The number of hydrogen-bond acceptors (Lipinski definition) is 3. The van der Waals surface area contributed by atoms with Gasteiger partial charge in [-0.1, -0.05) is 12.1 Å². The molecule has 0 aromatic heterocycles. The van der Waals surface area contributed by atoms with Gasteiger partial charge in [0.1, 0.15) is 5.75 Å². The number of rotatable bonds is 4. The first-order valence-electron chi connectivity index (χ1n) is 4.79. The van der Waals surface area contributed by atoms with Crippen molar-refractivity contribution in [3.63, 3.8) is 0 Å². The number of nitrogens with zero attached hydrogens (tertiary/aromatic N) is 1. The minimum Gasteiger partial charge on any atom is -0.497 e. The third kappa shape index (κ3) is 2.51. The first-order chi connectivity index (χ1) is 7.51. The quantitative estimate of drug-likeness (QED) is 0.838. The molecule has 84 valence electrons. The van der Waals surface area contributed by atoms with Gasteiger partial charge < -0.3 is 9.84 Å². The number of methoxy groups -OCH3 is 1. The van der Waals surface area contributed by atoms with Gasteiger partial charge >= 0.3 is 5.97 Å². The predicted octanol–water partition coefficient (Wildman–Crippen LogP) is 1.85. The molecule has 0 aliphatic heterocycles. The van der Waals surface area contributed by atoms with Gasteiger partial charge in [0.15, 0.2) is 5.41 Å². The van der Waals surface area contributed by atoms with Crippen LogP contribution in [0.5, 0.6) is 5.75 Å². The fraction of sp³-hybridized carbons (Fsp3) is 0.333. The van der Waals surface area contributed by atoms with E-state index >= 15 is 0 Å². The minimum atomic E-state index is -1.38. The van der Waals surface area contributed by atoms with Crippen molar-refractivity contribution in [2.75, 3.05) is 7.11 Å². The van der Waals surface area contributed by atoms with Crippen molar-refractivity contribution in [2.24, 2.45) is 5.41 Å². The highest BCUT2D eigenvalue weighted by Gasteiger charge is 2.33. The predicted molar refractivity (Wildman–Crippen MR) is 58.1 cm³/mol. The molecule has 0 radical (unpaired) electrons. The summed E-state index contributed by atoms with van der Waals surface area (Å²) in [5.41, 5.74) is -0.582. The molecule has 1 aromatic carbocycles. The number of ether oxygens (including phenoxy) is 1. The molecule has 0 saturated heterocycles. The smallest absolute Gasteiger partial charge is 0.324 e. The zero-order chi connectivity index (χ0) is 12.2. The Morgan fingerprint density at radius 2 is 2.06 bits per heavy atom. The molecular weight excluding hydrogens is 206 g/mol. The first kappa shape index (κ1) is 12.1. The van der Waals surface area contributed by atoms with Gasteiger partial charge in [0.2, 0.25) is 0 Å². The summed E-state index contributed by atoms with van der Waals surface area (Å²) in [7, 11) is 1.56. The molecule has 4 nitrogen and oxygen atoms in total. The van der Waals surface area contributed by atoms with Crippen LogP contribution in [0.25, 0.3) is 0 Å². The van der Waals surface area contributed by atoms with E-state index in [9.17, 15) is 4.79 Å². The fourth-order valence-electron chi connectivity index (χ4n) is 1.31. The van der Waals surface area contributed by atoms with Crippen LogP contribution < -0.4 is 4.74 Å². The Hall–Kier alpha value is -2.02. The molecule has 1 N–H and O–H groups in total. The van der Waals surface area contributed by atoms with Gasteiger partial charge in [0, 0.05) is 6.42 Å². The summed E-state index contributed by atoms with van der Waals surface area (Å²) in [4.78, 5) is 10.9. The molecule has 0 aliphatic rings. The second kappa shape index (κ2) is 4.67. The lowest BCUT2D eigenvalue weighted by molar-refractivity contribution is -0.144. The van der Waals surface area contributed by atoms with Gasteiger partial charge in [-0.25, -0.2) is 0 Å². The van der Waals surface area contributed by atoms with Gasteiger partial charge in [-0.05, 0) is 24.6 Å². The van der Waals surface area contributed by atoms with Crippen LogP contribution in [0.2, 0.25) is 0 Å². The standard InChI is InChI=1S/C12H13NO3/c1-12(8-13,11(14)15)7-9-3-5-10(16-2)6-4-9/h3-6H,7H2,1-2H3,(H,14,15). The molecule has 0 spiro atoms. The van der Waals surface area contributed by atoms with E-state index in [1.165, 1.54) is 6.92 Å². The van der Waals surface area contributed by atoms with Crippen molar-refractivity contribution in [1.29, 1.82) is 5.26 Å². The van der Waals surface area contributed by atoms with Gasteiger partial charge in [0.05, 0.1) is 13.2 Å². The van der Waals surface area contributed by atoms with Crippen molar-refractivity contribution in [3.8, 4) is 11.8 Å². The lowest BCUT2D eigenvalue weighted by Gasteiger charge is -2.15. The van der Waals surface area contributed by atoms with E-state index in [0.717, 1.165) is 5.56 Å². The van der Waals surface area contributed by atoms with Crippen molar-refractivity contribution >= 4 is 5.97 Å². The third-order valence-corrected chi connectivity index (χ3v) is 2.44. The molecule has 1 aromatic rings. The molecule has 0 amide bonds. The molecule has 16 heavy (non-hydrogen) atoms. The van der Waals surface area contributed by atoms with Crippen LogP contribution >= 0.6 is 0 Å². The summed E-state index contributed by atoms with van der Waals surface area (Å²) in [6.07, 6.45) is 0.183. The number of carboxylic acid groups (broad SMARTS) is 1. The molecule has 1 atom stereocenters. The highest BCUT2D eigenvalue weighted by atomic mass is 16.5. The van der Waals surface area contributed by atoms with E-state index < -0.39 is 11.4 Å². The summed E-state index contributed by atoms with van der Waals surface area (Å²) in [5.74, 6) is -0.399. The molecule has 0 saturated carbocycles. The van der Waals surface area contributed by atoms with Gasteiger partial charge in [-0.15, -0.1) is 0 Å². The van der Waals surface area contributed by atoms with Crippen LogP contribution in [0.15, 0.2) is 24.3 Å². The first-order valence-corrected chi connectivity index (χ1v) is 4.79. The third-order valence-electron chi connectivity index (χ3n) is 2.44. The molecule has 0 heterocycles. The second-order valence-corrected chi connectivity index (χ2v) is 3.77. The van der Waals surface area contributed by atoms with E-state index in [2.05, 4.69) is 0 Å². The summed E-state index contributed by atoms with van der Waals surface area (Å²) in [6, 6.07) is 8.84. The molecule has 1 rings (SSSR count). The second-order valence-electron chi connectivity index (χ2n) is 3.77. The SMILES string of the molecule is COc1ccc(CC(C)(C#N)C(=O)O)cc1. The maximum atomic E-state index is 10.9. The molecule has 0 bridgehead atoms. The number of carbonyl (C=O) groups is 1. The number of hydrogen-bond donors (Lipinski definition) is 1. The lowest BCUT2D eigenvalue weighted by Crippen LogP contribution is -2.28. The van der Waals surface area contributed by atoms with Crippen LogP contribution in [0.4, 0.5) is 0 Å². The van der Waals surface area contributed by atoms with E-state index in [1.807, 2.05) is 6.07 Å². The molecular formula is C12H13NO3.